The van der Waals surface area contributed by atoms with Crippen molar-refractivity contribution in [3.05, 3.63) is 17.9 Å². The molecule has 0 bridgehead atoms. The van der Waals surface area contributed by atoms with E-state index in [0.717, 1.165) is 19.4 Å². The lowest BCUT2D eigenvalue weighted by Crippen LogP contribution is -2.42. The molecule has 1 fully saturated rings. The van der Waals surface area contributed by atoms with Crippen molar-refractivity contribution >= 4 is 28.4 Å². The number of nitrogens with zero attached hydrogens (tertiary/aromatic N) is 1. The Hall–Kier alpha value is -1.09. The highest BCUT2D eigenvalue weighted by molar-refractivity contribution is 7.89. The van der Waals surface area contributed by atoms with Gasteiger partial charge in [0, 0.05) is 13.1 Å². The maximum Gasteiger partial charge on any atom is 0.374 e. The predicted molar refractivity (Wildman–Crippen MR) is 82.7 cm³/mol. The van der Waals surface area contributed by atoms with Crippen LogP contribution in [0.15, 0.2) is 21.6 Å². The molecular weight excluding hydrogens is 332 g/mol. The summed E-state index contributed by atoms with van der Waals surface area (Å²) in [7, 11) is -0.639. The first-order valence-corrected chi connectivity index (χ1v) is 8.26. The molecule has 1 aromatic rings. The fourth-order valence-corrected chi connectivity index (χ4v) is 3.96. The Kier molecular flexibility index (Phi) is 6.86. The van der Waals surface area contributed by atoms with Gasteiger partial charge in [0.25, 0.3) is 10.0 Å². The average molecular weight is 353 g/mol. The Bertz CT molecular complexity index is 599. The third-order valence-electron chi connectivity index (χ3n) is 3.54. The van der Waals surface area contributed by atoms with Gasteiger partial charge in [0.2, 0.25) is 10.9 Å². The van der Waals surface area contributed by atoms with Gasteiger partial charge in [-0.05, 0) is 44.5 Å². The number of sulfonamides is 1. The molecule has 1 N–H and O–H groups in total. The molecule has 0 aromatic carbocycles. The number of methoxy groups -OCH3 is 1. The van der Waals surface area contributed by atoms with E-state index >= 15 is 0 Å². The normalized spacial score (nSPS) is 19.5. The lowest BCUT2D eigenvalue weighted by molar-refractivity contribution is 0.0558. The molecule has 1 aromatic heterocycles. The van der Waals surface area contributed by atoms with E-state index in [1.165, 1.54) is 23.5 Å². The number of carbonyl (C=O) groups excluding carboxylic acids is 1. The lowest BCUT2D eigenvalue weighted by atomic mass is 10.00. The first-order chi connectivity index (χ1) is 9.98. The summed E-state index contributed by atoms with van der Waals surface area (Å²) in [6.07, 6.45) is 1.81. The molecule has 1 saturated heterocycles. The number of piperidine rings is 1. The number of hydrogen-bond donors (Lipinski definition) is 1. The molecule has 2 heterocycles. The molecule has 1 aliphatic heterocycles. The van der Waals surface area contributed by atoms with E-state index in [1.54, 1.807) is 0 Å². The van der Waals surface area contributed by atoms with Crippen LogP contribution in [0.1, 0.15) is 23.4 Å². The number of nitrogens with one attached hydrogen (secondary N) is 1. The summed E-state index contributed by atoms with van der Waals surface area (Å²) in [6, 6.07) is 2.61. The van der Waals surface area contributed by atoms with Crippen molar-refractivity contribution < 1.29 is 22.4 Å². The van der Waals surface area contributed by atoms with Gasteiger partial charge in [0.1, 0.15) is 0 Å². The Labute approximate surface area is 136 Å². The first-order valence-electron chi connectivity index (χ1n) is 6.82. The van der Waals surface area contributed by atoms with Crippen molar-refractivity contribution in [3.8, 4) is 0 Å². The van der Waals surface area contributed by atoms with Crippen LogP contribution in [0, 0.1) is 5.92 Å². The number of halogens is 1. The molecular formula is C13H21ClN2O5S. The third-order valence-corrected chi connectivity index (χ3v) is 5.28. The summed E-state index contributed by atoms with van der Waals surface area (Å²) in [6.45, 7) is 1.70. The van der Waals surface area contributed by atoms with Crippen molar-refractivity contribution in [2.45, 2.75) is 17.9 Å². The quantitative estimate of drug-likeness (QED) is 0.798. The second kappa shape index (κ2) is 7.96. The van der Waals surface area contributed by atoms with Gasteiger partial charge in [-0.15, -0.1) is 12.4 Å². The summed E-state index contributed by atoms with van der Waals surface area (Å²) in [5.41, 5.74) is 0. The van der Waals surface area contributed by atoms with E-state index in [-0.39, 0.29) is 29.2 Å². The maximum atomic E-state index is 12.5. The molecule has 2 rings (SSSR count). The number of carbonyl (C=O) groups is 1. The van der Waals surface area contributed by atoms with Gasteiger partial charge in [0.15, 0.2) is 0 Å². The van der Waals surface area contributed by atoms with Crippen LogP contribution in [-0.4, -0.2) is 52.5 Å². The third kappa shape index (κ3) is 4.01. The predicted octanol–water partition coefficient (Wildman–Crippen LogP) is 1.11. The zero-order valence-corrected chi connectivity index (χ0v) is 14.2. The van der Waals surface area contributed by atoms with E-state index < -0.39 is 16.0 Å². The van der Waals surface area contributed by atoms with E-state index in [9.17, 15) is 13.2 Å². The van der Waals surface area contributed by atoms with Crippen molar-refractivity contribution in [1.82, 2.24) is 9.62 Å². The van der Waals surface area contributed by atoms with E-state index in [0.29, 0.717) is 13.1 Å². The molecule has 0 spiro atoms. The highest BCUT2D eigenvalue weighted by Crippen LogP contribution is 2.25. The standard InChI is InChI=1S/C13H20N2O5S.ClH/c1-14-8-10-4-3-7-15(9-10)21(17,18)12-6-5-11(20-12)13(16)19-2;/h5-6,10,14H,3-4,7-9H2,1-2H3;1H. The summed E-state index contributed by atoms with van der Waals surface area (Å²) in [5, 5.41) is 2.85. The highest BCUT2D eigenvalue weighted by atomic mass is 35.5. The molecule has 7 nitrogen and oxygen atoms in total. The minimum absolute atomic E-state index is 0. The molecule has 1 unspecified atom stereocenters. The van der Waals surface area contributed by atoms with Gasteiger partial charge in [-0.1, -0.05) is 0 Å². The molecule has 1 atom stereocenters. The van der Waals surface area contributed by atoms with Crippen molar-refractivity contribution in [3.63, 3.8) is 0 Å². The van der Waals surface area contributed by atoms with E-state index in [1.807, 2.05) is 7.05 Å². The van der Waals surface area contributed by atoms with Crippen molar-refractivity contribution in [2.75, 3.05) is 33.8 Å². The maximum absolute atomic E-state index is 12.5. The van der Waals surface area contributed by atoms with E-state index in [4.69, 9.17) is 4.42 Å². The smallest absolute Gasteiger partial charge is 0.374 e. The van der Waals surface area contributed by atoms with Gasteiger partial charge in [-0.2, -0.15) is 4.31 Å². The van der Waals surface area contributed by atoms with Gasteiger partial charge in [-0.25, -0.2) is 13.2 Å². The van der Waals surface area contributed by atoms with Crippen LogP contribution in [0.4, 0.5) is 0 Å². The summed E-state index contributed by atoms with van der Waals surface area (Å²) < 4.78 is 36.1. The van der Waals surface area contributed by atoms with Gasteiger partial charge < -0.3 is 14.5 Å². The second-order valence-corrected chi connectivity index (χ2v) is 6.91. The van der Waals surface area contributed by atoms with Gasteiger partial charge in [0.05, 0.1) is 7.11 Å². The molecule has 22 heavy (non-hydrogen) atoms. The minimum Gasteiger partial charge on any atom is -0.463 e. The molecule has 126 valence electrons. The Morgan fingerprint density at radius 1 is 1.50 bits per heavy atom. The zero-order chi connectivity index (χ0) is 15.5. The number of esters is 1. The fourth-order valence-electron chi connectivity index (χ4n) is 2.50. The topological polar surface area (TPSA) is 88.9 Å². The largest absolute Gasteiger partial charge is 0.463 e. The number of hydrogen-bond acceptors (Lipinski definition) is 6. The van der Waals surface area contributed by atoms with Crippen LogP contribution >= 0.6 is 12.4 Å². The molecule has 0 saturated carbocycles. The van der Waals surface area contributed by atoms with Gasteiger partial charge >= 0.3 is 5.97 Å². The first kappa shape index (κ1) is 19.0. The number of ether oxygens (including phenoxy) is 1. The number of furan rings is 1. The lowest BCUT2D eigenvalue weighted by Gasteiger charge is -2.31. The Balaban J connectivity index is 0.00000242. The van der Waals surface area contributed by atoms with E-state index in [2.05, 4.69) is 10.1 Å². The molecule has 0 amide bonds. The fraction of sp³-hybridized carbons (Fsp3) is 0.615. The van der Waals surface area contributed by atoms with Crippen LogP contribution < -0.4 is 5.32 Å². The average Bonchev–Trinajstić information content (AvgIpc) is 2.97. The van der Waals surface area contributed by atoms with Crippen molar-refractivity contribution in [1.29, 1.82) is 0 Å². The SMILES string of the molecule is CNCC1CCCN(S(=O)(=O)c2ccc(C(=O)OC)o2)C1.Cl. The Morgan fingerprint density at radius 2 is 2.23 bits per heavy atom. The molecule has 0 radical (unpaired) electrons. The molecule has 1 aliphatic rings. The minimum atomic E-state index is -3.70. The number of rotatable bonds is 5. The van der Waals surface area contributed by atoms with Crippen LogP contribution in [0.2, 0.25) is 0 Å². The second-order valence-electron chi connectivity index (χ2n) is 5.04. The zero-order valence-electron chi connectivity index (χ0n) is 12.6. The van der Waals surface area contributed by atoms with Crippen LogP contribution in [0.3, 0.4) is 0 Å². The van der Waals surface area contributed by atoms with Crippen LogP contribution in [0.25, 0.3) is 0 Å². The molecule has 0 aliphatic carbocycles. The van der Waals surface area contributed by atoms with Crippen LogP contribution in [-0.2, 0) is 14.8 Å². The molecule has 9 heteroatoms. The van der Waals surface area contributed by atoms with Gasteiger partial charge in [-0.3, -0.25) is 0 Å². The Morgan fingerprint density at radius 3 is 2.86 bits per heavy atom. The summed E-state index contributed by atoms with van der Waals surface area (Å²) >= 11 is 0. The highest BCUT2D eigenvalue weighted by Gasteiger charge is 2.32. The van der Waals surface area contributed by atoms with Crippen molar-refractivity contribution in [2.24, 2.45) is 5.92 Å². The summed E-state index contributed by atoms with van der Waals surface area (Å²) in [5.74, 6) is -0.517. The summed E-state index contributed by atoms with van der Waals surface area (Å²) in [4.78, 5) is 11.3. The monoisotopic (exact) mass is 352 g/mol. The van der Waals surface area contributed by atoms with Crippen LogP contribution in [0.5, 0.6) is 0 Å².